The van der Waals surface area contributed by atoms with Crippen LogP contribution in [0, 0.1) is 0 Å². The lowest BCUT2D eigenvalue weighted by molar-refractivity contribution is -0.122. The van der Waals surface area contributed by atoms with Crippen LogP contribution in [0.5, 0.6) is 11.5 Å². The molecule has 0 saturated heterocycles. The molecular weight excluding hydrogens is 418 g/mol. The Morgan fingerprint density at radius 2 is 2.00 bits per heavy atom. The molecule has 0 unspecified atom stereocenters. The summed E-state index contributed by atoms with van der Waals surface area (Å²) < 4.78 is 11.2. The van der Waals surface area contributed by atoms with Crippen LogP contribution in [0.4, 0.5) is 0 Å². The predicted molar refractivity (Wildman–Crippen MR) is 124 cm³/mol. The van der Waals surface area contributed by atoms with Crippen molar-refractivity contribution < 1.29 is 19.1 Å². The number of nitrogens with zero attached hydrogens (tertiary/aromatic N) is 2. The summed E-state index contributed by atoms with van der Waals surface area (Å²) in [7, 11) is 1.58. The van der Waals surface area contributed by atoms with Crippen LogP contribution in [0.25, 0.3) is 0 Å². The van der Waals surface area contributed by atoms with Gasteiger partial charge in [-0.1, -0.05) is 30.3 Å². The van der Waals surface area contributed by atoms with Crippen molar-refractivity contribution in [1.29, 1.82) is 0 Å². The first kappa shape index (κ1) is 22.3. The minimum atomic E-state index is -0.455. The SMILES string of the molecule is CCOc1ccc([C@H](CC(=O)NCc2cccnc2)N2Cc3ccccc3C2=O)cc1OC. The second-order valence-electron chi connectivity index (χ2n) is 7.79. The second-order valence-corrected chi connectivity index (χ2v) is 7.79. The summed E-state index contributed by atoms with van der Waals surface area (Å²) in [6, 6.07) is 16.4. The van der Waals surface area contributed by atoms with Gasteiger partial charge in [-0.25, -0.2) is 0 Å². The summed E-state index contributed by atoms with van der Waals surface area (Å²) >= 11 is 0. The van der Waals surface area contributed by atoms with Gasteiger partial charge in [0, 0.05) is 31.0 Å². The lowest BCUT2D eigenvalue weighted by Crippen LogP contribution is -2.34. The molecule has 1 aliphatic rings. The fourth-order valence-electron chi connectivity index (χ4n) is 4.05. The maximum Gasteiger partial charge on any atom is 0.255 e. The number of hydrogen-bond acceptors (Lipinski definition) is 5. The topological polar surface area (TPSA) is 80.8 Å². The molecule has 0 saturated carbocycles. The summed E-state index contributed by atoms with van der Waals surface area (Å²) in [4.78, 5) is 32.0. The summed E-state index contributed by atoms with van der Waals surface area (Å²) in [5.41, 5.74) is 3.36. The molecular formula is C26H27N3O4. The van der Waals surface area contributed by atoms with Crippen LogP contribution in [0.2, 0.25) is 0 Å². The lowest BCUT2D eigenvalue weighted by atomic mass is 10.0. The number of aromatic nitrogens is 1. The Morgan fingerprint density at radius 3 is 2.73 bits per heavy atom. The number of pyridine rings is 1. The van der Waals surface area contributed by atoms with E-state index >= 15 is 0 Å². The maximum atomic E-state index is 13.2. The Hall–Kier alpha value is -3.87. The van der Waals surface area contributed by atoms with Crippen molar-refractivity contribution in [1.82, 2.24) is 15.2 Å². The number of carbonyl (C=O) groups excluding carboxylic acids is 2. The van der Waals surface area contributed by atoms with Gasteiger partial charge >= 0.3 is 0 Å². The molecule has 7 nitrogen and oxygen atoms in total. The zero-order chi connectivity index (χ0) is 23.2. The summed E-state index contributed by atoms with van der Waals surface area (Å²) in [5, 5.41) is 2.95. The van der Waals surface area contributed by atoms with Gasteiger partial charge in [0.15, 0.2) is 11.5 Å². The minimum Gasteiger partial charge on any atom is -0.493 e. The van der Waals surface area contributed by atoms with Crippen molar-refractivity contribution in [2.75, 3.05) is 13.7 Å². The molecule has 0 radical (unpaired) electrons. The van der Waals surface area contributed by atoms with E-state index in [1.54, 1.807) is 24.4 Å². The molecule has 0 fully saturated rings. The summed E-state index contributed by atoms with van der Waals surface area (Å²) in [6.07, 6.45) is 3.53. The number of hydrogen-bond donors (Lipinski definition) is 1. The highest BCUT2D eigenvalue weighted by Gasteiger charge is 2.34. The Kier molecular flexibility index (Phi) is 6.88. The van der Waals surface area contributed by atoms with Gasteiger partial charge < -0.3 is 19.7 Å². The molecule has 1 aromatic heterocycles. The third-order valence-electron chi connectivity index (χ3n) is 5.69. The molecule has 33 heavy (non-hydrogen) atoms. The number of carbonyl (C=O) groups is 2. The standard InChI is InChI=1S/C26H27N3O4/c1-3-33-23-11-10-19(13-24(23)32-2)22(14-25(30)28-16-18-7-6-12-27-15-18)29-17-20-8-4-5-9-21(20)26(29)31/h4-13,15,22H,3,14,16-17H2,1-2H3,(H,28,30)/t22-/m0/s1. The van der Waals surface area contributed by atoms with E-state index in [9.17, 15) is 9.59 Å². The molecule has 0 spiro atoms. The van der Waals surface area contributed by atoms with E-state index in [1.807, 2.05) is 61.5 Å². The molecule has 2 aromatic carbocycles. The van der Waals surface area contributed by atoms with Gasteiger partial charge in [0.1, 0.15) is 0 Å². The zero-order valence-corrected chi connectivity index (χ0v) is 18.8. The Balaban J connectivity index is 1.60. The van der Waals surface area contributed by atoms with E-state index in [-0.39, 0.29) is 18.2 Å². The first-order valence-corrected chi connectivity index (χ1v) is 11.0. The number of nitrogens with one attached hydrogen (secondary N) is 1. The van der Waals surface area contributed by atoms with E-state index in [0.29, 0.717) is 36.8 Å². The molecule has 1 N–H and O–H groups in total. The minimum absolute atomic E-state index is 0.0801. The predicted octanol–water partition coefficient (Wildman–Crippen LogP) is 3.89. The van der Waals surface area contributed by atoms with Crippen molar-refractivity contribution in [3.8, 4) is 11.5 Å². The van der Waals surface area contributed by atoms with Crippen molar-refractivity contribution in [2.45, 2.75) is 32.5 Å². The van der Waals surface area contributed by atoms with Crippen LogP contribution in [0.15, 0.2) is 67.0 Å². The summed E-state index contributed by atoms with van der Waals surface area (Å²) in [5.74, 6) is 0.961. The monoisotopic (exact) mass is 445 g/mol. The van der Waals surface area contributed by atoms with Crippen molar-refractivity contribution in [3.63, 3.8) is 0 Å². The fourth-order valence-corrected chi connectivity index (χ4v) is 4.05. The molecule has 4 rings (SSSR count). The van der Waals surface area contributed by atoms with Gasteiger partial charge in [-0.2, -0.15) is 0 Å². The number of fused-ring (bicyclic) bond motifs is 1. The quantitative estimate of drug-likeness (QED) is 0.540. The van der Waals surface area contributed by atoms with E-state index in [2.05, 4.69) is 10.3 Å². The van der Waals surface area contributed by atoms with Crippen molar-refractivity contribution >= 4 is 11.8 Å². The van der Waals surface area contributed by atoms with E-state index in [0.717, 1.165) is 16.7 Å². The average molecular weight is 446 g/mol. The number of ether oxygens (including phenoxy) is 2. The summed E-state index contributed by atoms with van der Waals surface area (Å²) in [6.45, 7) is 3.24. The smallest absolute Gasteiger partial charge is 0.255 e. The third-order valence-corrected chi connectivity index (χ3v) is 5.69. The first-order valence-electron chi connectivity index (χ1n) is 11.0. The molecule has 170 valence electrons. The van der Waals surface area contributed by atoms with Crippen LogP contribution >= 0.6 is 0 Å². The van der Waals surface area contributed by atoms with Crippen molar-refractivity contribution in [2.24, 2.45) is 0 Å². The van der Waals surface area contributed by atoms with Gasteiger partial charge in [-0.15, -0.1) is 0 Å². The molecule has 1 atom stereocenters. The number of amides is 2. The van der Waals surface area contributed by atoms with Crippen LogP contribution in [-0.4, -0.2) is 35.4 Å². The normalized spacial score (nSPS) is 13.4. The van der Waals surface area contributed by atoms with Gasteiger partial charge in [-0.05, 0) is 47.9 Å². The van der Waals surface area contributed by atoms with Crippen LogP contribution in [0.1, 0.15) is 46.4 Å². The Bertz CT molecular complexity index is 1130. The zero-order valence-electron chi connectivity index (χ0n) is 18.8. The molecule has 3 aromatic rings. The number of rotatable bonds is 9. The average Bonchev–Trinajstić information content (AvgIpc) is 3.18. The highest BCUT2D eigenvalue weighted by Crippen LogP contribution is 2.37. The van der Waals surface area contributed by atoms with E-state index in [4.69, 9.17) is 9.47 Å². The van der Waals surface area contributed by atoms with E-state index in [1.165, 1.54) is 0 Å². The van der Waals surface area contributed by atoms with Crippen LogP contribution < -0.4 is 14.8 Å². The van der Waals surface area contributed by atoms with Crippen LogP contribution in [0.3, 0.4) is 0 Å². The molecule has 0 aliphatic carbocycles. The van der Waals surface area contributed by atoms with Gasteiger partial charge in [0.05, 0.1) is 26.2 Å². The largest absolute Gasteiger partial charge is 0.493 e. The van der Waals surface area contributed by atoms with Gasteiger partial charge in [0.25, 0.3) is 5.91 Å². The molecule has 7 heteroatoms. The first-order chi connectivity index (χ1) is 16.1. The van der Waals surface area contributed by atoms with E-state index < -0.39 is 6.04 Å². The second kappa shape index (κ2) is 10.2. The maximum absolute atomic E-state index is 13.2. The molecule has 1 aliphatic heterocycles. The highest BCUT2D eigenvalue weighted by molar-refractivity contribution is 5.98. The lowest BCUT2D eigenvalue weighted by Gasteiger charge is -2.28. The molecule has 2 amide bonds. The van der Waals surface area contributed by atoms with Gasteiger partial charge in [-0.3, -0.25) is 14.6 Å². The van der Waals surface area contributed by atoms with Crippen LogP contribution in [-0.2, 0) is 17.9 Å². The highest BCUT2D eigenvalue weighted by atomic mass is 16.5. The van der Waals surface area contributed by atoms with Gasteiger partial charge in [0.2, 0.25) is 5.91 Å². The number of methoxy groups -OCH3 is 1. The Morgan fingerprint density at radius 1 is 1.15 bits per heavy atom. The number of benzene rings is 2. The third kappa shape index (κ3) is 4.98. The van der Waals surface area contributed by atoms with Crippen molar-refractivity contribution in [3.05, 3.63) is 89.2 Å². The Labute approximate surface area is 193 Å². The molecule has 2 heterocycles. The fraction of sp³-hybridized carbons (Fsp3) is 0.269. The molecule has 0 bridgehead atoms.